The van der Waals surface area contributed by atoms with Crippen molar-refractivity contribution in [3.63, 3.8) is 0 Å². The first-order valence-corrected chi connectivity index (χ1v) is 8.81. The molecule has 0 bridgehead atoms. The highest BCUT2D eigenvalue weighted by Gasteiger charge is 2.28. The summed E-state index contributed by atoms with van der Waals surface area (Å²) in [7, 11) is 0. The van der Waals surface area contributed by atoms with Crippen molar-refractivity contribution in [2.24, 2.45) is 0 Å². The number of hydrogen-bond donors (Lipinski definition) is 2. The second-order valence-electron chi connectivity index (χ2n) is 5.94. The number of rotatable bonds is 4. The Labute approximate surface area is 161 Å². The van der Waals surface area contributed by atoms with Gasteiger partial charge in [-0.15, -0.1) is 0 Å². The lowest BCUT2D eigenvalue weighted by atomic mass is 10.2. The minimum absolute atomic E-state index is 0.0559. The van der Waals surface area contributed by atoms with Gasteiger partial charge in [0.25, 0.3) is 0 Å². The maximum atomic E-state index is 12.2. The average molecular weight is 390 g/mol. The van der Waals surface area contributed by atoms with Gasteiger partial charge in [-0.3, -0.25) is 9.69 Å². The smallest absolute Gasteiger partial charge is 0.322 e. The lowest BCUT2D eigenvalue weighted by molar-refractivity contribution is -0.111. The Kier molecular flexibility index (Phi) is 5.49. The zero-order valence-corrected chi connectivity index (χ0v) is 15.5. The van der Waals surface area contributed by atoms with E-state index in [9.17, 15) is 9.59 Å². The SMILES string of the molecule is CC1CNC(=O)N1c1cccc(NC(=O)/C=C/c2ccc(Cl)cc2Cl)c1. The number of benzene rings is 2. The van der Waals surface area contributed by atoms with Gasteiger partial charge in [-0.05, 0) is 48.9 Å². The fourth-order valence-corrected chi connectivity index (χ4v) is 3.17. The van der Waals surface area contributed by atoms with Crippen LogP contribution in [-0.2, 0) is 4.79 Å². The van der Waals surface area contributed by atoms with Crippen molar-refractivity contribution in [3.05, 3.63) is 64.1 Å². The van der Waals surface area contributed by atoms with Crippen LogP contribution in [0.1, 0.15) is 12.5 Å². The third kappa shape index (κ3) is 4.18. The first kappa shape index (κ1) is 18.3. The second kappa shape index (κ2) is 7.81. The molecule has 134 valence electrons. The Morgan fingerprint density at radius 3 is 2.77 bits per heavy atom. The summed E-state index contributed by atoms with van der Waals surface area (Å²) < 4.78 is 0. The number of halogens is 2. The predicted octanol–water partition coefficient (Wildman–Crippen LogP) is 4.56. The monoisotopic (exact) mass is 389 g/mol. The van der Waals surface area contributed by atoms with Gasteiger partial charge in [0, 0.05) is 34.0 Å². The quantitative estimate of drug-likeness (QED) is 0.752. The van der Waals surface area contributed by atoms with Crippen LogP contribution in [0.15, 0.2) is 48.5 Å². The summed E-state index contributed by atoms with van der Waals surface area (Å²) in [6, 6.07) is 12.1. The summed E-state index contributed by atoms with van der Waals surface area (Å²) in [5.74, 6) is -0.299. The molecule has 1 heterocycles. The van der Waals surface area contributed by atoms with Crippen LogP contribution in [0.2, 0.25) is 10.0 Å². The number of hydrogen-bond acceptors (Lipinski definition) is 2. The number of urea groups is 1. The van der Waals surface area contributed by atoms with Crippen molar-refractivity contribution in [3.8, 4) is 0 Å². The lowest BCUT2D eigenvalue weighted by Crippen LogP contribution is -2.32. The van der Waals surface area contributed by atoms with E-state index in [4.69, 9.17) is 23.2 Å². The lowest BCUT2D eigenvalue weighted by Gasteiger charge is -2.20. The molecule has 5 nitrogen and oxygen atoms in total. The topological polar surface area (TPSA) is 61.4 Å². The highest BCUT2D eigenvalue weighted by atomic mass is 35.5. The number of carbonyl (C=O) groups is 2. The fraction of sp³-hybridized carbons (Fsp3) is 0.158. The molecule has 0 aliphatic carbocycles. The molecule has 7 heteroatoms. The zero-order valence-electron chi connectivity index (χ0n) is 14.0. The highest BCUT2D eigenvalue weighted by molar-refractivity contribution is 6.35. The molecule has 1 fully saturated rings. The van der Waals surface area contributed by atoms with E-state index in [-0.39, 0.29) is 18.0 Å². The molecule has 3 amide bonds. The number of amides is 3. The van der Waals surface area contributed by atoms with E-state index < -0.39 is 0 Å². The minimum Gasteiger partial charge on any atom is -0.336 e. The van der Waals surface area contributed by atoms with Gasteiger partial charge in [0.2, 0.25) is 5.91 Å². The summed E-state index contributed by atoms with van der Waals surface area (Å²) in [6.45, 7) is 2.56. The van der Waals surface area contributed by atoms with E-state index >= 15 is 0 Å². The van der Waals surface area contributed by atoms with Gasteiger partial charge in [0.05, 0.1) is 6.04 Å². The molecule has 2 aromatic carbocycles. The normalized spacial score (nSPS) is 16.8. The molecule has 1 atom stereocenters. The first-order chi connectivity index (χ1) is 12.4. The van der Waals surface area contributed by atoms with Crippen LogP contribution >= 0.6 is 23.2 Å². The van der Waals surface area contributed by atoms with E-state index in [1.807, 2.05) is 13.0 Å². The Hall–Kier alpha value is -2.50. The van der Waals surface area contributed by atoms with Gasteiger partial charge in [-0.2, -0.15) is 0 Å². The third-order valence-corrected chi connectivity index (χ3v) is 4.54. The molecular formula is C19H17Cl2N3O2. The number of anilines is 2. The number of nitrogens with zero attached hydrogens (tertiary/aromatic N) is 1. The van der Waals surface area contributed by atoms with E-state index in [0.717, 1.165) is 5.69 Å². The number of carbonyl (C=O) groups excluding carboxylic acids is 2. The maximum Gasteiger partial charge on any atom is 0.322 e. The molecule has 1 aliphatic heterocycles. The van der Waals surface area contributed by atoms with Crippen molar-refractivity contribution in [2.45, 2.75) is 13.0 Å². The standard InChI is InChI=1S/C19H17Cl2N3O2/c1-12-11-22-19(26)24(12)16-4-2-3-15(10-16)23-18(25)8-6-13-5-7-14(20)9-17(13)21/h2-10,12H,11H2,1H3,(H,22,26)(H,23,25)/b8-6+. The van der Waals surface area contributed by atoms with Crippen molar-refractivity contribution in [1.82, 2.24) is 5.32 Å². The summed E-state index contributed by atoms with van der Waals surface area (Å²) in [5.41, 5.74) is 2.03. The van der Waals surface area contributed by atoms with Crippen LogP contribution in [0, 0.1) is 0 Å². The molecule has 0 spiro atoms. The van der Waals surface area contributed by atoms with E-state index in [0.29, 0.717) is 27.8 Å². The predicted molar refractivity (Wildman–Crippen MR) is 106 cm³/mol. The van der Waals surface area contributed by atoms with E-state index in [1.54, 1.807) is 47.4 Å². The molecule has 0 radical (unpaired) electrons. The Bertz CT molecular complexity index is 883. The van der Waals surface area contributed by atoms with Crippen LogP contribution in [-0.4, -0.2) is 24.5 Å². The van der Waals surface area contributed by atoms with Gasteiger partial charge < -0.3 is 10.6 Å². The molecule has 26 heavy (non-hydrogen) atoms. The van der Waals surface area contributed by atoms with Crippen molar-refractivity contribution in [1.29, 1.82) is 0 Å². The fourth-order valence-electron chi connectivity index (χ4n) is 2.70. The van der Waals surface area contributed by atoms with Crippen LogP contribution in [0.4, 0.5) is 16.2 Å². The summed E-state index contributed by atoms with van der Waals surface area (Å²) in [6.07, 6.45) is 3.01. The second-order valence-corrected chi connectivity index (χ2v) is 6.79. The Morgan fingerprint density at radius 2 is 2.08 bits per heavy atom. The summed E-state index contributed by atoms with van der Waals surface area (Å²) in [5, 5.41) is 6.58. The molecule has 1 unspecified atom stereocenters. The van der Waals surface area contributed by atoms with Crippen LogP contribution in [0.25, 0.3) is 6.08 Å². The molecule has 1 saturated heterocycles. The zero-order chi connectivity index (χ0) is 18.7. The average Bonchev–Trinajstić information content (AvgIpc) is 2.93. The van der Waals surface area contributed by atoms with Gasteiger partial charge in [-0.1, -0.05) is 35.3 Å². The van der Waals surface area contributed by atoms with E-state index in [1.165, 1.54) is 6.08 Å². The van der Waals surface area contributed by atoms with Crippen molar-refractivity contribution in [2.75, 3.05) is 16.8 Å². The molecule has 0 saturated carbocycles. The van der Waals surface area contributed by atoms with Crippen molar-refractivity contribution >= 4 is 52.6 Å². The molecule has 2 N–H and O–H groups in total. The number of nitrogens with one attached hydrogen (secondary N) is 2. The third-order valence-electron chi connectivity index (χ3n) is 3.98. The van der Waals surface area contributed by atoms with E-state index in [2.05, 4.69) is 10.6 Å². The van der Waals surface area contributed by atoms with Crippen LogP contribution in [0.3, 0.4) is 0 Å². The summed E-state index contributed by atoms with van der Waals surface area (Å²) >= 11 is 11.9. The molecule has 0 aromatic heterocycles. The van der Waals surface area contributed by atoms with Crippen LogP contribution in [0.5, 0.6) is 0 Å². The molecular weight excluding hydrogens is 373 g/mol. The highest BCUT2D eigenvalue weighted by Crippen LogP contribution is 2.24. The minimum atomic E-state index is -0.299. The first-order valence-electron chi connectivity index (χ1n) is 8.05. The Balaban J connectivity index is 1.70. The Morgan fingerprint density at radius 1 is 1.27 bits per heavy atom. The summed E-state index contributed by atoms with van der Waals surface area (Å²) in [4.78, 5) is 25.8. The van der Waals surface area contributed by atoms with Gasteiger partial charge in [0.1, 0.15) is 0 Å². The molecule has 3 rings (SSSR count). The largest absolute Gasteiger partial charge is 0.336 e. The van der Waals surface area contributed by atoms with Gasteiger partial charge in [-0.25, -0.2) is 4.79 Å². The van der Waals surface area contributed by atoms with Crippen molar-refractivity contribution < 1.29 is 9.59 Å². The molecule has 2 aromatic rings. The maximum absolute atomic E-state index is 12.2. The van der Waals surface area contributed by atoms with Gasteiger partial charge in [0.15, 0.2) is 0 Å². The van der Waals surface area contributed by atoms with Crippen LogP contribution < -0.4 is 15.5 Å². The molecule has 1 aliphatic rings. The van der Waals surface area contributed by atoms with Gasteiger partial charge >= 0.3 is 6.03 Å².